The van der Waals surface area contributed by atoms with E-state index >= 15 is 0 Å². The van der Waals surface area contributed by atoms with E-state index in [2.05, 4.69) is 4.74 Å². The van der Waals surface area contributed by atoms with Crippen molar-refractivity contribution >= 4 is 12.4 Å². The summed E-state index contributed by atoms with van der Waals surface area (Å²) < 4.78 is 4.37. The Morgan fingerprint density at radius 1 is 1.57 bits per heavy atom. The van der Waals surface area contributed by atoms with Crippen LogP contribution in [0.25, 0.3) is 0 Å². The lowest BCUT2D eigenvalue weighted by Crippen LogP contribution is -2.10. The Bertz CT molecular complexity index is 254. The van der Waals surface area contributed by atoms with Crippen LogP contribution in [0.3, 0.4) is 0 Å². The van der Waals surface area contributed by atoms with E-state index in [0.29, 0.717) is 12.9 Å². The quantitative estimate of drug-likeness (QED) is 0.369. The second kappa shape index (κ2) is 7.80. The van der Waals surface area contributed by atoms with E-state index in [1.54, 1.807) is 18.2 Å². The van der Waals surface area contributed by atoms with Crippen LogP contribution >= 0.6 is 0 Å². The molecule has 0 bridgehead atoms. The number of carboxylic acids is 1. The third-order valence-corrected chi connectivity index (χ3v) is 1.50. The molecular weight excluding hydrogens is 186 g/mol. The molecule has 0 heterocycles. The van der Waals surface area contributed by atoms with Crippen molar-refractivity contribution in [2.45, 2.75) is 12.8 Å². The van der Waals surface area contributed by atoms with Crippen LogP contribution in [0.1, 0.15) is 12.8 Å². The molecule has 0 spiro atoms. The van der Waals surface area contributed by atoms with Gasteiger partial charge in [0.05, 0.1) is 6.07 Å². The van der Waals surface area contributed by atoms with Crippen LogP contribution in [0.4, 0.5) is 0 Å². The first-order valence-corrected chi connectivity index (χ1v) is 4.05. The molecule has 1 unspecified atom stereocenters. The van der Waals surface area contributed by atoms with Gasteiger partial charge in [0, 0.05) is 0 Å². The maximum Gasteiger partial charge on any atom is 0.320 e. The molecule has 0 amide bonds. The Hall–Kier alpha value is -1.83. The van der Waals surface area contributed by atoms with Crippen LogP contribution in [-0.4, -0.2) is 24.2 Å². The maximum atomic E-state index is 10.4. The molecule has 5 heteroatoms. The molecule has 0 saturated carbocycles. The minimum Gasteiger partial charge on any atom is -0.480 e. The number of carbonyl (C=O) groups is 2. The van der Waals surface area contributed by atoms with E-state index in [0.717, 1.165) is 0 Å². The summed E-state index contributed by atoms with van der Waals surface area (Å²) in [5, 5.41) is 16.9. The van der Waals surface area contributed by atoms with Gasteiger partial charge in [-0.1, -0.05) is 12.2 Å². The van der Waals surface area contributed by atoms with Crippen molar-refractivity contribution < 1.29 is 19.4 Å². The van der Waals surface area contributed by atoms with E-state index in [-0.39, 0.29) is 13.0 Å². The first kappa shape index (κ1) is 12.2. The zero-order valence-electron chi connectivity index (χ0n) is 7.55. The van der Waals surface area contributed by atoms with Gasteiger partial charge >= 0.3 is 5.97 Å². The molecule has 0 rings (SSSR count). The molecule has 0 aromatic carbocycles. The molecule has 5 nitrogen and oxygen atoms in total. The SMILES string of the molecule is N#CC(CCC=CCOC=O)C(=O)O. The Morgan fingerprint density at radius 2 is 2.29 bits per heavy atom. The van der Waals surface area contributed by atoms with E-state index in [1.165, 1.54) is 0 Å². The Morgan fingerprint density at radius 3 is 2.79 bits per heavy atom. The van der Waals surface area contributed by atoms with E-state index < -0.39 is 11.9 Å². The smallest absolute Gasteiger partial charge is 0.320 e. The molecule has 0 radical (unpaired) electrons. The van der Waals surface area contributed by atoms with Gasteiger partial charge in [0.15, 0.2) is 0 Å². The fourth-order valence-electron chi connectivity index (χ4n) is 0.787. The molecule has 1 atom stereocenters. The number of allylic oxidation sites excluding steroid dienone is 1. The third kappa shape index (κ3) is 5.77. The summed E-state index contributed by atoms with van der Waals surface area (Å²) in [4.78, 5) is 20.1. The molecule has 0 aliphatic heterocycles. The molecule has 0 fully saturated rings. The zero-order chi connectivity index (χ0) is 10.8. The van der Waals surface area contributed by atoms with Gasteiger partial charge in [0.2, 0.25) is 0 Å². The van der Waals surface area contributed by atoms with Crippen LogP contribution in [0.2, 0.25) is 0 Å². The fraction of sp³-hybridized carbons (Fsp3) is 0.444. The van der Waals surface area contributed by atoms with Crippen LogP contribution in [0.15, 0.2) is 12.2 Å². The van der Waals surface area contributed by atoms with Gasteiger partial charge in [-0.25, -0.2) is 0 Å². The van der Waals surface area contributed by atoms with Gasteiger partial charge in [-0.05, 0) is 12.8 Å². The second-order valence-corrected chi connectivity index (χ2v) is 2.50. The molecule has 76 valence electrons. The van der Waals surface area contributed by atoms with Gasteiger partial charge in [0.1, 0.15) is 12.5 Å². The topological polar surface area (TPSA) is 87.4 Å². The molecule has 0 aromatic heterocycles. The number of aliphatic carboxylic acids is 1. The number of hydrogen-bond acceptors (Lipinski definition) is 4. The highest BCUT2D eigenvalue weighted by Crippen LogP contribution is 2.05. The molecule has 0 aliphatic rings. The molecular formula is C9H11NO4. The molecule has 0 aliphatic carbocycles. The predicted octanol–water partition coefficient (Wildman–Crippen LogP) is 0.720. The first-order valence-electron chi connectivity index (χ1n) is 4.05. The van der Waals surface area contributed by atoms with E-state index in [9.17, 15) is 9.59 Å². The average molecular weight is 197 g/mol. The van der Waals surface area contributed by atoms with Crippen molar-refractivity contribution in [1.82, 2.24) is 0 Å². The predicted molar refractivity (Wildman–Crippen MR) is 47.1 cm³/mol. The fourth-order valence-corrected chi connectivity index (χ4v) is 0.787. The normalized spacial score (nSPS) is 11.9. The lowest BCUT2D eigenvalue weighted by atomic mass is 10.1. The average Bonchev–Trinajstić information content (AvgIpc) is 2.16. The summed E-state index contributed by atoms with van der Waals surface area (Å²) in [5.41, 5.74) is 0. The van der Waals surface area contributed by atoms with Gasteiger partial charge in [-0.2, -0.15) is 5.26 Å². The number of hydrogen-bond donors (Lipinski definition) is 1. The van der Waals surface area contributed by atoms with Crippen molar-refractivity contribution in [3.05, 3.63) is 12.2 Å². The Balaban J connectivity index is 3.62. The summed E-state index contributed by atoms with van der Waals surface area (Å²) in [7, 11) is 0. The van der Waals surface area contributed by atoms with E-state index in [4.69, 9.17) is 10.4 Å². The van der Waals surface area contributed by atoms with Crippen molar-refractivity contribution in [2.75, 3.05) is 6.61 Å². The van der Waals surface area contributed by atoms with Crippen molar-refractivity contribution in [3.63, 3.8) is 0 Å². The summed E-state index contributed by atoms with van der Waals surface area (Å²) in [6, 6.07) is 1.68. The number of rotatable bonds is 7. The number of carboxylic acid groups (broad SMARTS) is 1. The van der Waals surface area contributed by atoms with Crippen molar-refractivity contribution in [3.8, 4) is 6.07 Å². The number of ether oxygens (including phenoxy) is 1. The van der Waals surface area contributed by atoms with Crippen LogP contribution in [0, 0.1) is 17.2 Å². The number of carbonyl (C=O) groups excluding carboxylic acids is 1. The molecule has 14 heavy (non-hydrogen) atoms. The minimum absolute atomic E-state index is 0.174. The largest absolute Gasteiger partial charge is 0.480 e. The summed E-state index contributed by atoms with van der Waals surface area (Å²) in [6.07, 6.45) is 4.03. The molecule has 1 N–H and O–H groups in total. The van der Waals surface area contributed by atoms with Crippen LogP contribution in [0.5, 0.6) is 0 Å². The number of nitriles is 1. The second-order valence-electron chi connectivity index (χ2n) is 2.50. The van der Waals surface area contributed by atoms with Crippen LogP contribution in [-0.2, 0) is 14.3 Å². The highest BCUT2D eigenvalue weighted by molar-refractivity contribution is 5.72. The summed E-state index contributed by atoms with van der Waals surface area (Å²) >= 11 is 0. The summed E-state index contributed by atoms with van der Waals surface area (Å²) in [6.45, 7) is 0.507. The molecule has 0 aromatic rings. The van der Waals surface area contributed by atoms with E-state index in [1.807, 2.05) is 0 Å². The zero-order valence-corrected chi connectivity index (χ0v) is 7.55. The van der Waals surface area contributed by atoms with Gasteiger partial charge in [0.25, 0.3) is 6.47 Å². The maximum absolute atomic E-state index is 10.4. The Kier molecular flexibility index (Phi) is 6.78. The Labute approximate surface area is 81.6 Å². The van der Waals surface area contributed by atoms with Crippen molar-refractivity contribution in [2.24, 2.45) is 5.92 Å². The molecule has 0 saturated heterocycles. The highest BCUT2D eigenvalue weighted by atomic mass is 16.5. The standard InChI is InChI=1S/C9H11NO4/c10-6-8(9(12)13)4-2-1-3-5-14-7-11/h1,3,7-8H,2,4-5H2,(H,12,13). The van der Waals surface area contributed by atoms with Crippen molar-refractivity contribution in [1.29, 1.82) is 5.26 Å². The van der Waals surface area contributed by atoms with Gasteiger partial charge in [-0.15, -0.1) is 0 Å². The number of nitrogens with zero attached hydrogens (tertiary/aromatic N) is 1. The van der Waals surface area contributed by atoms with Crippen LogP contribution < -0.4 is 0 Å². The monoisotopic (exact) mass is 197 g/mol. The highest BCUT2D eigenvalue weighted by Gasteiger charge is 2.14. The lowest BCUT2D eigenvalue weighted by Gasteiger charge is -1.99. The third-order valence-electron chi connectivity index (χ3n) is 1.50. The lowest BCUT2D eigenvalue weighted by molar-refractivity contribution is -0.140. The first-order chi connectivity index (χ1) is 6.72. The van der Waals surface area contributed by atoms with Gasteiger partial charge < -0.3 is 9.84 Å². The minimum atomic E-state index is -1.11. The summed E-state index contributed by atoms with van der Waals surface area (Å²) in [5.74, 6) is -2.07. The van der Waals surface area contributed by atoms with Gasteiger partial charge in [-0.3, -0.25) is 9.59 Å².